The maximum absolute atomic E-state index is 11.9. The number of nitrogens with zero attached hydrogens (tertiary/aromatic N) is 1. The summed E-state index contributed by atoms with van der Waals surface area (Å²) < 4.78 is 5.55. The first-order valence-electron chi connectivity index (χ1n) is 6.47. The molecule has 1 aliphatic carbocycles. The SMILES string of the molecule is O=C(OC1CCCCCCC1)c1ccncc1. The smallest absolute Gasteiger partial charge is 0.338 e. The van der Waals surface area contributed by atoms with Crippen molar-refractivity contribution in [1.29, 1.82) is 0 Å². The van der Waals surface area contributed by atoms with Crippen molar-refractivity contribution in [2.24, 2.45) is 0 Å². The van der Waals surface area contributed by atoms with Crippen LogP contribution in [-0.2, 0) is 4.74 Å². The van der Waals surface area contributed by atoms with Crippen molar-refractivity contribution >= 4 is 5.97 Å². The van der Waals surface area contributed by atoms with E-state index in [0.29, 0.717) is 5.56 Å². The first kappa shape index (κ1) is 12.1. The first-order chi connectivity index (χ1) is 8.36. The lowest BCUT2D eigenvalue weighted by Crippen LogP contribution is -2.19. The van der Waals surface area contributed by atoms with E-state index >= 15 is 0 Å². The Morgan fingerprint density at radius 3 is 2.29 bits per heavy atom. The van der Waals surface area contributed by atoms with Crippen LogP contribution in [0.1, 0.15) is 55.3 Å². The van der Waals surface area contributed by atoms with Gasteiger partial charge in [-0.05, 0) is 37.8 Å². The van der Waals surface area contributed by atoms with Crippen LogP contribution in [0.4, 0.5) is 0 Å². The lowest BCUT2D eigenvalue weighted by atomic mass is 9.98. The van der Waals surface area contributed by atoms with Gasteiger partial charge in [-0.3, -0.25) is 4.98 Å². The van der Waals surface area contributed by atoms with Gasteiger partial charge >= 0.3 is 5.97 Å². The number of aromatic nitrogens is 1. The Bertz CT molecular complexity index is 342. The van der Waals surface area contributed by atoms with Crippen LogP contribution in [0.25, 0.3) is 0 Å². The predicted octanol–water partition coefficient (Wildman–Crippen LogP) is 3.35. The molecular weight excluding hydrogens is 214 g/mol. The van der Waals surface area contributed by atoms with Crippen LogP contribution in [0.3, 0.4) is 0 Å². The first-order valence-corrected chi connectivity index (χ1v) is 6.47. The number of pyridine rings is 1. The minimum absolute atomic E-state index is 0.107. The maximum Gasteiger partial charge on any atom is 0.338 e. The molecule has 0 unspecified atom stereocenters. The molecule has 0 N–H and O–H groups in total. The van der Waals surface area contributed by atoms with Crippen LogP contribution in [0, 0.1) is 0 Å². The molecule has 1 aliphatic rings. The van der Waals surface area contributed by atoms with Crippen molar-refractivity contribution in [3.05, 3.63) is 30.1 Å². The largest absolute Gasteiger partial charge is 0.459 e. The lowest BCUT2D eigenvalue weighted by molar-refractivity contribution is 0.0239. The number of rotatable bonds is 2. The van der Waals surface area contributed by atoms with Gasteiger partial charge in [-0.2, -0.15) is 0 Å². The van der Waals surface area contributed by atoms with Crippen molar-refractivity contribution in [2.75, 3.05) is 0 Å². The molecule has 92 valence electrons. The minimum Gasteiger partial charge on any atom is -0.459 e. The highest BCUT2D eigenvalue weighted by Crippen LogP contribution is 2.20. The number of carbonyl (C=O) groups excluding carboxylic acids is 1. The molecule has 3 nitrogen and oxygen atoms in total. The van der Waals surface area contributed by atoms with Gasteiger partial charge in [-0.1, -0.05) is 19.3 Å². The Labute approximate surface area is 102 Å². The summed E-state index contributed by atoms with van der Waals surface area (Å²) in [6.45, 7) is 0. The highest BCUT2D eigenvalue weighted by atomic mass is 16.5. The highest BCUT2D eigenvalue weighted by Gasteiger charge is 2.16. The molecule has 1 heterocycles. The average Bonchev–Trinajstić information content (AvgIpc) is 2.33. The summed E-state index contributed by atoms with van der Waals surface area (Å²) in [4.78, 5) is 15.8. The topological polar surface area (TPSA) is 39.2 Å². The van der Waals surface area contributed by atoms with E-state index in [0.717, 1.165) is 12.8 Å². The van der Waals surface area contributed by atoms with Gasteiger partial charge in [0.1, 0.15) is 6.10 Å². The van der Waals surface area contributed by atoms with Crippen molar-refractivity contribution in [1.82, 2.24) is 4.98 Å². The molecule has 0 atom stereocenters. The second-order valence-electron chi connectivity index (χ2n) is 4.61. The van der Waals surface area contributed by atoms with E-state index in [1.54, 1.807) is 24.5 Å². The van der Waals surface area contributed by atoms with Crippen LogP contribution < -0.4 is 0 Å². The third-order valence-corrected chi connectivity index (χ3v) is 3.24. The van der Waals surface area contributed by atoms with Crippen molar-refractivity contribution < 1.29 is 9.53 Å². The van der Waals surface area contributed by atoms with E-state index in [4.69, 9.17) is 4.74 Å². The van der Waals surface area contributed by atoms with Crippen molar-refractivity contribution in [3.8, 4) is 0 Å². The highest BCUT2D eigenvalue weighted by molar-refractivity contribution is 5.89. The Hall–Kier alpha value is -1.38. The van der Waals surface area contributed by atoms with E-state index in [9.17, 15) is 4.79 Å². The van der Waals surface area contributed by atoms with Crippen LogP contribution in [-0.4, -0.2) is 17.1 Å². The third kappa shape index (κ3) is 3.84. The maximum atomic E-state index is 11.9. The van der Waals surface area contributed by atoms with E-state index < -0.39 is 0 Å². The lowest BCUT2D eigenvalue weighted by Gasteiger charge is -2.20. The second kappa shape index (κ2) is 6.38. The van der Waals surface area contributed by atoms with Gasteiger partial charge < -0.3 is 4.74 Å². The number of carbonyl (C=O) groups is 1. The molecule has 0 bridgehead atoms. The normalized spacial score (nSPS) is 18.1. The van der Waals surface area contributed by atoms with Gasteiger partial charge in [0.2, 0.25) is 0 Å². The predicted molar refractivity (Wildman–Crippen MR) is 65.8 cm³/mol. The molecule has 0 saturated heterocycles. The summed E-state index contributed by atoms with van der Waals surface area (Å²) in [6, 6.07) is 3.40. The molecular formula is C14H19NO2. The van der Waals surface area contributed by atoms with Gasteiger partial charge in [0.15, 0.2) is 0 Å². The molecule has 0 aromatic carbocycles. The van der Waals surface area contributed by atoms with E-state index in [1.165, 1.54) is 32.1 Å². The monoisotopic (exact) mass is 233 g/mol. The van der Waals surface area contributed by atoms with Crippen LogP contribution in [0.5, 0.6) is 0 Å². The van der Waals surface area contributed by atoms with E-state index in [-0.39, 0.29) is 12.1 Å². The summed E-state index contributed by atoms with van der Waals surface area (Å²) in [5.74, 6) is -0.210. The molecule has 1 saturated carbocycles. The molecule has 0 radical (unpaired) electrons. The molecule has 3 heteroatoms. The number of hydrogen-bond acceptors (Lipinski definition) is 3. The molecule has 0 aliphatic heterocycles. The summed E-state index contributed by atoms with van der Waals surface area (Å²) in [5.41, 5.74) is 0.599. The van der Waals surface area contributed by atoms with Crippen molar-refractivity contribution in [2.45, 2.75) is 51.0 Å². The molecule has 0 amide bonds. The Morgan fingerprint density at radius 1 is 1.06 bits per heavy atom. The van der Waals surface area contributed by atoms with Crippen LogP contribution in [0.2, 0.25) is 0 Å². The number of hydrogen-bond donors (Lipinski definition) is 0. The molecule has 1 fully saturated rings. The Balaban J connectivity index is 1.88. The Morgan fingerprint density at radius 2 is 1.65 bits per heavy atom. The zero-order chi connectivity index (χ0) is 11.9. The Kier molecular flexibility index (Phi) is 4.54. The van der Waals surface area contributed by atoms with Gasteiger partial charge in [0.05, 0.1) is 5.56 Å². The molecule has 1 aromatic heterocycles. The average molecular weight is 233 g/mol. The minimum atomic E-state index is -0.210. The number of esters is 1. The van der Waals surface area contributed by atoms with Gasteiger partial charge in [-0.15, -0.1) is 0 Å². The second-order valence-corrected chi connectivity index (χ2v) is 4.61. The standard InChI is InChI=1S/C14H19NO2/c16-14(12-8-10-15-11-9-12)17-13-6-4-2-1-3-5-7-13/h8-11,13H,1-7H2. The molecule has 1 aromatic rings. The van der Waals surface area contributed by atoms with E-state index in [2.05, 4.69) is 4.98 Å². The quantitative estimate of drug-likeness (QED) is 0.735. The summed E-state index contributed by atoms with van der Waals surface area (Å²) in [7, 11) is 0. The third-order valence-electron chi connectivity index (χ3n) is 3.24. The van der Waals surface area contributed by atoms with Crippen molar-refractivity contribution in [3.63, 3.8) is 0 Å². The van der Waals surface area contributed by atoms with Gasteiger partial charge in [0.25, 0.3) is 0 Å². The molecule has 2 rings (SSSR count). The summed E-state index contributed by atoms with van der Waals surface area (Å²) >= 11 is 0. The van der Waals surface area contributed by atoms with Gasteiger partial charge in [-0.25, -0.2) is 4.79 Å². The van der Waals surface area contributed by atoms with Crippen LogP contribution >= 0.6 is 0 Å². The zero-order valence-electron chi connectivity index (χ0n) is 10.1. The van der Waals surface area contributed by atoms with E-state index in [1.807, 2.05) is 0 Å². The zero-order valence-corrected chi connectivity index (χ0v) is 10.1. The molecule has 0 spiro atoms. The summed E-state index contributed by atoms with van der Waals surface area (Å²) in [6.07, 6.45) is 11.6. The number of ether oxygens (including phenoxy) is 1. The van der Waals surface area contributed by atoms with Crippen LogP contribution in [0.15, 0.2) is 24.5 Å². The fourth-order valence-electron chi connectivity index (χ4n) is 2.24. The fraction of sp³-hybridized carbons (Fsp3) is 0.571. The summed E-state index contributed by atoms with van der Waals surface area (Å²) in [5, 5.41) is 0. The molecule has 17 heavy (non-hydrogen) atoms. The fourth-order valence-corrected chi connectivity index (χ4v) is 2.24. The van der Waals surface area contributed by atoms with Gasteiger partial charge in [0, 0.05) is 12.4 Å².